The fourth-order valence-corrected chi connectivity index (χ4v) is 1.61. The molecular weight excluding hydrogens is 246 g/mol. The van der Waals surface area contributed by atoms with Crippen LogP contribution in [0.2, 0.25) is 0 Å². The molecule has 2 aromatic rings. The Bertz CT molecular complexity index is 452. The van der Waals surface area contributed by atoms with Crippen LogP contribution in [0.4, 0.5) is 0 Å². The summed E-state index contributed by atoms with van der Waals surface area (Å²) in [7, 11) is 0. The number of nitrogens with zero attached hydrogens (tertiary/aromatic N) is 3. The largest absolute Gasteiger partial charge is 0.391 e. The van der Waals surface area contributed by atoms with Gasteiger partial charge < -0.3 is 5.11 Å². The van der Waals surface area contributed by atoms with Crippen molar-refractivity contribution in [2.75, 3.05) is 0 Å². The predicted molar refractivity (Wildman–Crippen MR) is 56.9 cm³/mol. The van der Waals surface area contributed by atoms with Crippen LogP contribution >= 0.6 is 15.9 Å². The molecule has 0 radical (unpaired) electrons. The highest BCUT2D eigenvalue weighted by molar-refractivity contribution is 9.10. The number of halogens is 1. The van der Waals surface area contributed by atoms with E-state index in [0.29, 0.717) is 6.54 Å². The summed E-state index contributed by atoms with van der Waals surface area (Å²) in [6.07, 6.45) is 1.33. The maximum absolute atomic E-state index is 9.25. The van der Waals surface area contributed by atoms with Crippen molar-refractivity contribution in [1.82, 2.24) is 14.8 Å². The number of fused-ring (bicyclic) bond motifs is 1. The molecule has 0 aliphatic heterocycles. The third-order valence-electron chi connectivity index (χ3n) is 1.89. The Balaban J connectivity index is 2.50. The normalized spacial score (nSPS) is 13.4. The standard InChI is InChI=1S/C9H10BrN3O/c1-6(14)5-13-9-7(4-11-13)2-3-8(10)12-9/h2-4,6,14H,5H2,1H3/t6-/m0/s1. The number of aliphatic hydroxyl groups is 1. The number of pyridine rings is 1. The lowest BCUT2D eigenvalue weighted by Crippen LogP contribution is -2.13. The van der Waals surface area contributed by atoms with Crippen LogP contribution in [0.3, 0.4) is 0 Å². The Kier molecular flexibility index (Phi) is 2.52. The average Bonchev–Trinajstić information content (AvgIpc) is 2.47. The number of hydrogen-bond acceptors (Lipinski definition) is 3. The third kappa shape index (κ3) is 1.78. The summed E-state index contributed by atoms with van der Waals surface area (Å²) >= 11 is 3.30. The van der Waals surface area contributed by atoms with E-state index in [1.165, 1.54) is 0 Å². The molecule has 0 aliphatic carbocycles. The number of rotatable bonds is 2. The van der Waals surface area contributed by atoms with Crippen molar-refractivity contribution >= 4 is 27.0 Å². The van der Waals surface area contributed by atoms with E-state index < -0.39 is 6.10 Å². The lowest BCUT2D eigenvalue weighted by Gasteiger charge is -2.04. The minimum Gasteiger partial charge on any atom is -0.391 e. The maximum atomic E-state index is 9.25. The molecule has 0 saturated carbocycles. The molecule has 0 fully saturated rings. The lowest BCUT2D eigenvalue weighted by molar-refractivity contribution is 0.170. The summed E-state index contributed by atoms with van der Waals surface area (Å²) in [5, 5.41) is 14.4. The quantitative estimate of drug-likeness (QED) is 0.830. The van der Waals surface area contributed by atoms with Gasteiger partial charge in [0.25, 0.3) is 0 Å². The fraction of sp³-hybridized carbons (Fsp3) is 0.333. The zero-order valence-electron chi connectivity index (χ0n) is 7.68. The van der Waals surface area contributed by atoms with Crippen molar-refractivity contribution in [3.05, 3.63) is 22.9 Å². The zero-order chi connectivity index (χ0) is 10.1. The number of hydrogen-bond donors (Lipinski definition) is 1. The summed E-state index contributed by atoms with van der Waals surface area (Å²) < 4.78 is 2.47. The van der Waals surface area contributed by atoms with Crippen LogP contribution in [-0.4, -0.2) is 26.0 Å². The molecule has 14 heavy (non-hydrogen) atoms. The summed E-state index contributed by atoms with van der Waals surface area (Å²) in [5.74, 6) is 0. The van der Waals surface area contributed by atoms with Gasteiger partial charge in [-0.15, -0.1) is 0 Å². The molecule has 1 N–H and O–H groups in total. The van der Waals surface area contributed by atoms with Crippen LogP contribution in [0.5, 0.6) is 0 Å². The second-order valence-electron chi connectivity index (χ2n) is 3.22. The molecule has 0 bridgehead atoms. The van der Waals surface area contributed by atoms with E-state index in [9.17, 15) is 5.11 Å². The first-order valence-electron chi connectivity index (χ1n) is 4.33. The van der Waals surface area contributed by atoms with E-state index in [1.807, 2.05) is 12.1 Å². The van der Waals surface area contributed by atoms with Gasteiger partial charge in [-0.3, -0.25) is 0 Å². The highest BCUT2D eigenvalue weighted by Gasteiger charge is 2.06. The van der Waals surface area contributed by atoms with Gasteiger partial charge in [0.1, 0.15) is 4.60 Å². The molecular formula is C9H10BrN3O. The Morgan fingerprint density at radius 1 is 1.57 bits per heavy atom. The maximum Gasteiger partial charge on any atom is 0.159 e. The van der Waals surface area contributed by atoms with Gasteiger partial charge in [0.15, 0.2) is 5.65 Å². The highest BCUT2D eigenvalue weighted by atomic mass is 79.9. The van der Waals surface area contributed by atoms with Crippen molar-refractivity contribution in [2.45, 2.75) is 19.6 Å². The van der Waals surface area contributed by atoms with Gasteiger partial charge in [-0.25, -0.2) is 9.67 Å². The molecule has 2 heterocycles. The Morgan fingerprint density at radius 2 is 2.36 bits per heavy atom. The van der Waals surface area contributed by atoms with Crippen LogP contribution in [0.25, 0.3) is 11.0 Å². The van der Waals surface area contributed by atoms with Crippen molar-refractivity contribution in [2.24, 2.45) is 0 Å². The Hall–Kier alpha value is -0.940. The molecule has 74 valence electrons. The molecule has 2 aromatic heterocycles. The molecule has 4 nitrogen and oxygen atoms in total. The predicted octanol–water partition coefficient (Wildman–Crippen LogP) is 1.57. The number of aromatic nitrogens is 3. The average molecular weight is 256 g/mol. The molecule has 0 amide bonds. The van der Waals surface area contributed by atoms with Crippen molar-refractivity contribution < 1.29 is 5.11 Å². The van der Waals surface area contributed by atoms with E-state index in [2.05, 4.69) is 26.0 Å². The van der Waals surface area contributed by atoms with Gasteiger partial charge in [-0.2, -0.15) is 5.10 Å². The molecule has 0 saturated heterocycles. The third-order valence-corrected chi connectivity index (χ3v) is 2.33. The fourth-order valence-electron chi connectivity index (χ4n) is 1.31. The van der Waals surface area contributed by atoms with Crippen molar-refractivity contribution in [3.8, 4) is 0 Å². The van der Waals surface area contributed by atoms with Gasteiger partial charge in [0.05, 0.1) is 18.8 Å². The molecule has 1 atom stereocenters. The smallest absolute Gasteiger partial charge is 0.159 e. The van der Waals surface area contributed by atoms with E-state index in [0.717, 1.165) is 15.6 Å². The van der Waals surface area contributed by atoms with Gasteiger partial charge >= 0.3 is 0 Å². The van der Waals surface area contributed by atoms with E-state index in [-0.39, 0.29) is 0 Å². The lowest BCUT2D eigenvalue weighted by atomic mass is 10.3. The monoisotopic (exact) mass is 255 g/mol. The first-order valence-corrected chi connectivity index (χ1v) is 5.12. The minimum atomic E-state index is -0.418. The Labute approximate surface area is 89.7 Å². The molecule has 0 aliphatic rings. The van der Waals surface area contributed by atoms with Crippen molar-refractivity contribution in [3.63, 3.8) is 0 Å². The molecule has 0 spiro atoms. The van der Waals surface area contributed by atoms with E-state index in [4.69, 9.17) is 0 Å². The second-order valence-corrected chi connectivity index (χ2v) is 4.03. The zero-order valence-corrected chi connectivity index (χ0v) is 9.27. The molecule has 0 aromatic carbocycles. The van der Waals surface area contributed by atoms with Crippen LogP contribution < -0.4 is 0 Å². The second kappa shape index (κ2) is 3.67. The first-order chi connectivity index (χ1) is 6.66. The van der Waals surface area contributed by atoms with Crippen molar-refractivity contribution in [1.29, 1.82) is 0 Å². The summed E-state index contributed by atoms with van der Waals surface area (Å²) in [6.45, 7) is 2.19. The van der Waals surface area contributed by atoms with E-state index in [1.54, 1.807) is 17.8 Å². The number of aliphatic hydroxyl groups excluding tert-OH is 1. The summed E-state index contributed by atoms with van der Waals surface area (Å²) in [6, 6.07) is 3.81. The van der Waals surface area contributed by atoms with Gasteiger partial charge in [-0.05, 0) is 35.0 Å². The topological polar surface area (TPSA) is 50.9 Å². The van der Waals surface area contributed by atoms with Gasteiger partial charge in [0, 0.05) is 5.39 Å². The van der Waals surface area contributed by atoms with Gasteiger partial charge in [-0.1, -0.05) is 0 Å². The highest BCUT2D eigenvalue weighted by Crippen LogP contribution is 2.15. The van der Waals surface area contributed by atoms with Crippen LogP contribution in [0.1, 0.15) is 6.92 Å². The minimum absolute atomic E-state index is 0.418. The van der Waals surface area contributed by atoms with E-state index >= 15 is 0 Å². The first kappa shape index (κ1) is 9.61. The van der Waals surface area contributed by atoms with Crippen LogP contribution in [-0.2, 0) is 6.54 Å². The molecule has 0 unspecified atom stereocenters. The summed E-state index contributed by atoms with van der Waals surface area (Å²) in [4.78, 5) is 4.29. The molecule has 5 heteroatoms. The Morgan fingerprint density at radius 3 is 3.07 bits per heavy atom. The SMILES string of the molecule is C[C@H](O)Cn1ncc2ccc(Br)nc21. The molecule has 2 rings (SSSR count). The van der Waals surface area contributed by atoms with Crippen LogP contribution in [0.15, 0.2) is 22.9 Å². The van der Waals surface area contributed by atoms with Gasteiger partial charge in [0.2, 0.25) is 0 Å². The summed E-state index contributed by atoms with van der Waals surface area (Å²) in [5.41, 5.74) is 0.792. The van der Waals surface area contributed by atoms with Crippen LogP contribution in [0, 0.1) is 0 Å².